The monoisotopic (exact) mass is 326 g/mol. The van der Waals surface area contributed by atoms with Gasteiger partial charge in [-0.15, -0.1) is 0 Å². The number of hydrogen-bond acceptors (Lipinski definition) is 4. The minimum absolute atomic E-state index is 0.139. The number of fused-ring (bicyclic) bond motifs is 1. The molecule has 0 amide bonds. The highest BCUT2D eigenvalue weighted by molar-refractivity contribution is 6.05. The van der Waals surface area contributed by atoms with Crippen LogP contribution in [0, 0.1) is 18.7 Å². The van der Waals surface area contributed by atoms with Crippen LogP contribution in [0.4, 0.5) is 4.39 Å². The number of aromatic nitrogens is 4. The van der Waals surface area contributed by atoms with E-state index in [1.165, 1.54) is 13.0 Å². The van der Waals surface area contributed by atoms with Crippen LogP contribution in [-0.4, -0.2) is 25.5 Å². The average molecular weight is 326 g/mol. The molecule has 3 rings (SSSR count). The van der Waals surface area contributed by atoms with Gasteiger partial charge in [0.15, 0.2) is 5.78 Å². The molecule has 0 aliphatic heterocycles. The molecule has 0 atom stereocenters. The molecule has 2 heterocycles. The molecule has 0 saturated heterocycles. The van der Waals surface area contributed by atoms with Gasteiger partial charge in [0.1, 0.15) is 17.3 Å². The van der Waals surface area contributed by atoms with E-state index in [9.17, 15) is 9.18 Å². The summed E-state index contributed by atoms with van der Waals surface area (Å²) in [7, 11) is 0. The first-order valence-electron chi connectivity index (χ1n) is 7.87. The van der Waals surface area contributed by atoms with Crippen LogP contribution in [0.2, 0.25) is 0 Å². The van der Waals surface area contributed by atoms with Crippen molar-refractivity contribution in [2.75, 3.05) is 0 Å². The fourth-order valence-corrected chi connectivity index (χ4v) is 2.69. The van der Waals surface area contributed by atoms with Crippen molar-refractivity contribution in [2.24, 2.45) is 5.92 Å². The number of carbonyl (C=O) groups is 1. The largest absolute Gasteiger partial charge is 0.293 e. The van der Waals surface area contributed by atoms with Crippen molar-refractivity contribution in [2.45, 2.75) is 34.2 Å². The van der Waals surface area contributed by atoms with Crippen molar-refractivity contribution >= 4 is 16.7 Å². The average Bonchev–Trinajstić information content (AvgIpc) is 2.85. The normalized spacial score (nSPS) is 11.4. The van der Waals surface area contributed by atoms with Crippen LogP contribution in [-0.2, 0) is 6.54 Å². The van der Waals surface area contributed by atoms with Crippen LogP contribution in [0.3, 0.4) is 0 Å². The van der Waals surface area contributed by atoms with E-state index in [2.05, 4.69) is 28.9 Å². The van der Waals surface area contributed by atoms with Gasteiger partial charge in [0.2, 0.25) is 0 Å². The third-order valence-electron chi connectivity index (χ3n) is 3.80. The third-order valence-corrected chi connectivity index (χ3v) is 3.80. The maximum Gasteiger partial charge on any atom is 0.180 e. The van der Waals surface area contributed by atoms with Crippen molar-refractivity contribution in [3.63, 3.8) is 0 Å². The van der Waals surface area contributed by atoms with E-state index < -0.39 is 0 Å². The summed E-state index contributed by atoms with van der Waals surface area (Å²) in [6.07, 6.45) is 3.16. The molecule has 0 spiro atoms. The first-order valence-corrected chi connectivity index (χ1v) is 7.87. The predicted molar refractivity (Wildman–Crippen MR) is 90.3 cm³/mol. The smallest absolute Gasteiger partial charge is 0.180 e. The second-order valence-electron chi connectivity index (χ2n) is 6.35. The lowest BCUT2D eigenvalue weighted by Crippen LogP contribution is -2.07. The van der Waals surface area contributed by atoms with E-state index in [0.717, 1.165) is 0 Å². The Labute approximate surface area is 139 Å². The Morgan fingerprint density at radius 2 is 1.92 bits per heavy atom. The predicted octanol–water partition coefficient (Wildman–Crippen LogP) is 3.80. The van der Waals surface area contributed by atoms with Gasteiger partial charge in [0.05, 0.1) is 5.52 Å². The molecule has 3 aromatic rings. The molecule has 0 unspecified atom stereocenters. The Hall–Kier alpha value is -2.63. The lowest BCUT2D eigenvalue weighted by atomic mass is 10.0. The number of hydrogen-bond donors (Lipinski definition) is 0. The molecule has 0 radical (unpaired) electrons. The van der Waals surface area contributed by atoms with Gasteiger partial charge in [-0.1, -0.05) is 13.8 Å². The Kier molecular flexibility index (Phi) is 4.13. The van der Waals surface area contributed by atoms with Gasteiger partial charge >= 0.3 is 0 Å². The van der Waals surface area contributed by atoms with Crippen LogP contribution in [0.15, 0.2) is 24.5 Å². The highest BCUT2D eigenvalue weighted by atomic mass is 19.1. The van der Waals surface area contributed by atoms with E-state index >= 15 is 0 Å². The molecule has 5 nitrogen and oxygen atoms in total. The van der Waals surface area contributed by atoms with Crippen LogP contribution in [0.5, 0.6) is 0 Å². The Bertz CT molecular complexity index is 913. The number of halogens is 1. The van der Waals surface area contributed by atoms with Crippen molar-refractivity contribution < 1.29 is 9.18 Å². The molecular formula is C18H19FN4O. The van der Waals surface area contributed by atoms with E-state index in [-0.39, 0.29) is 11.6 Å². The van der Waals surface area contributed by atoms with Gasteiger partial charge in [-0.05, 0) is 18.9 Å². The van der Waals surface area contributed by atoms with E-state index in [4.69, 9.17) is 0 Å². The number of carbonyl (C=O) groups excluding carboxylic acids is 1. The van der Waals surface area contributed by atoms with Crippen molar-refractivity contribution in [3.05, 3.63) is 41.9 Å². The zero-order valence-corrected chi connectivity index (χ0v) is 14.2. The molecule has 124 valence electrons. The van der Waals surface area contributed by atoms with E-state index in [1.54, 1.807) is 30.1 Å². The summed E-state index contributed by atoms with van der Waals surface area (Å²) in [6.45, 7) is 7.97. The number of nitrogens with zero attached hydrogens (tertiary/aromatic N) is 4. The number of Topliss-reactive ketones (excluding diaryl/α,β-unsaturated/α-hetero) is 1. The molecule has 6 heteroatoms. The number of benzene rings is 1. The molecule has 0 aliphatic rings. The molecule has 0 saturated carbocycles. The quantitative estimate of drug-likeness (QED) is 0.684. The van der Waals surface area contributed by atoms with E-state index in [0.29, 0.717) is 46.0 Å². The van der Waals surface area contributed by atoms with Crippen LogP contribution >= 0.6 is 0 Å². The molecule has 24 heavy (non-hydrogen) atoms. The van der Waals surface area contributed by atoms with Crippen molar-refractivity contribution in [1.82, 2.24) is 19.7 Å². The summed E-state index contributed by atoms with van der Waals surface area (Å²) in [4.78, 5) is 20.2. The summed E-state index contributed by atoms with van der Waals surface area (Å²) in [5.74, 6) is 0.436. The van der Waals surface area contributed by atoms with Crippen molar-refractivity contribution in [1.29, 1.82) is 0 Å². The number of aryl methyl sites for hydroxylation is 1. The molecule has 0 bridgehead atoms. The summed E-state index contributed by atoms with van der Waals surface area (Å²) >= 11 is 0. The van der Waals surface area contributed by atoms with Crippen LogP contribution in [0.1, 0.15) is 37.1 Å². The molecule has 0 N–H and O–H groups in total. The second-order valence-corrected chi connectivity index (χ2v) is 6.35. The Morgan fingerprint density at radius 1 is 1.25 bits per heavy atom. The summed E-state index contributed by atoms with van der Waals surface area (Å²) < 4.78 is 16.4. The van der Waals surface area contributed by atoms with Crippen LogP contribution < -0.4 is 0 Å². The lowest BCUT2D eigenvalue weighted by molar-refractivity contribution is 0.101. The van der Waals surface area contributed by atoms with Gasteiger partial charge in [-0.25, -0.2) is 14.4 Å². The zero-order valence-electron chi connectivity index (χ0n) is 14.2. The van der Waals surface area contributed by atoms with Crippen LogP contribution in [0.25, 0.3) is 22.0 Å². The van der Waals surface area contributed by atoms with Gasteiger partial charge < -0.3 is 0 Å². The number of ketones is 1. The first kappa shape index (κ1) is 16.2. The summed E-state index contributed by atoms with van der Waals surface area (Å²) in [5.41, 5.74) is 1.93. The summed E-state index contributed by atoms with van der Waals surface area (Å²) in [6, 6.07) is 3.10. The van der Waals surface area contributed by atoms with E-state index in [1.807, 2.05) is 0 Å². The standard InChI is InChI=1S/C18H19FN4O/c1-10(2)9-23-17-6-16(19)14(13-7-20-12(4)21-8-13)5-15(17)18(22-23)11(3)24/h5-8,10H,9H2,1-4H3. The third kappa shape index (κ3) is 2.91. The Morgan fingerprint density at radius 3 is 2.50 bits per heavy atom. The minimum atomic E-state index is -0.380. The number of rotatable bonds is 4. The SMILES string of the molecule is CC(=O)c1nn(CC(C)C)c2cc(F)c(-c3cnc(C)nc3)cc12. The molecule has 2 aromatic heterocycles. The highest BCUT2D eigenvalue weighted by Crippen LogP contribution is 2.29. The molecule has 0 fully saturated rings. The summed E-state index contributed by atoms with van der Waals surface area (Å²) in [5, 5.41) is 5.04. The first-order chi connectivity index (χ1) is 11.4. The maximum absolute atomic E-state index is 14.7. The second kappa shape index (κ2) is 6.11. The van der Waals surface area contributed by atoms with Gasteiger partial charge in [0.25, 0.3) is 0 Å². The van der Waals surface area contributed by atoms with Gasteiger partial charge in [-0.3, -0.25) is 9.48 Å². The lowest BCUT2D eigenvalue weighted by Gasteiger charge is -2.08. The molecular weight excluding hydrogens is 307 g/mol. The topological polar surface area (TPSA) is 60.7 Å². The fourth-order valence-electron chi connectivity index (χ4n) is 2.69. The van der Waals surface area contributed by atoms with Crippen molar-refractivity contribution in [3.8, 4) is 11.1 Å². The molecule has 1 aromatic carbocycles. The minimum Gasteiger partial charge on any atom is -0.293 e. The van der Waals surface area contributed by atoms with Gasteiger partial charge in [0, 0.05) is 48.4 Å². The maximum atomic E-state index is 14.7. The fraction of sp³-hybridized carbons (Fsp3) is 0.333. The zero-order chi connectivity index (χ0) is 17.4. The Balaban J connectivity index is 2.24. The highest BCUT2D eigenvalue weighted by Gasteiger charge is 2.18. The molecule has 0 aliphatic carbocycles. The van der Waals surface area contributed by atoms with Gasteiger partial charge in [-0.2, -0.15) is 5.10 Å².